The molecule has 4 saturated heterocycles. The van der Waals surface area contributed by atoms with E-state index >= 15 is 9.59 Å². The Kier molecular flexibility index (Phi) is 27.7. The van der Waals surface area contributed by atoms with Crippen LogP contribution in [-0.2, 0) is 42.9 Å². The lowest BCUT2D eigenvalue weighted by Gasteiger charge is -2.39. The van der Waals surface area contributed by atoms with E-state index in [1.54, 1.807) is 123 Å². The average Bonchev–Trinajstić information content (AvgIpc) is 0.689. The number of halogens is 4. The van der Waals surface area contributed by atoms with Crippen LogP contribution < -0.4 is 36.1 Å². The van der Waals surface area contributed by atoms with Crippen LogP contribution in [0.1, 0.15) is 118 Å². The lowest BCUT2D eigenvalue weighted by Crippen LogP contribution is -2.47. The van der Waals surface area contributed by atoms with Crippen LogP contribution in [0, 0.1) is 5.92 Å². The number of rotatable bonds is 27. The van der Waals surface area contributed by atoms with Crippen molar-refractivity contribution in [1.82, 2.24) is 19.9 Å². The van der Waals surface area contributed by atoms with E-state index in [9.17, 15) is 59.4 Å². The highest BCUT2D eigenvalue weighted by Gasteiger charge is 2.45. The summed E-state index contributed by atoms with van der Waals surface area (Å²) < 4.78 is 63.4. The van der Waals surface area contributed by atoms with Crippen molar-refractivity contribution in [2.75, 3.05) is 86.5 Å². The number of phenolic OH excluding ortho intramolecular Hbond substituents is 5. The molecule has 0 aliphatic carbocycles. The first-order chi connectivity index (χ1) is 63.0. The number of piperidine rings is 4. The van der Waals surface area contributed by atoms with Gasteiger partial charge < -0.3 is 91.3 Å². The van der Waals surface area contributed by atoms with Crippen molar-refractivity contribution in [3.05, 3.63) is 229 Å². The first-order valence-corrected chi connectivity index (χ1v) is 44.4. The summed E-state index contributed by atoms with van der Waals surface area (Å²) in [7, 11) is 3.32. The predicted molar refractivity (Wildman–Crippen MR) is 486 cm³/mol. The molecule has 684 valence electrons. The van der Waals surface area contributed by atoms with Gasteiger partial charge in [-0.15, -0.1) is 10.1 Å². The van der Waals surface area contributed by atoms with E-state index in [4.69, 9.17) is 102 Å². The molecule has 0 saturated carbocycles. The fraction of sp³-hybridized carbons (Fsp3) is 0.340. The molecule has 34 heteroatoms. The van der Waals surface area contributed by atoms with Gasteiger partial charge in [-0.25, -0.2) is 0 Å². The number of methoxy groups -OCH3 is 1. The quantitative estimate of drug-likeness (QED) is 0.0206. The number of nitrogens with zero attached hydrogens (tertiary/aromatic N) is 4. The van der Waals surface area contributed by atoms with Crippen molar-refractivity contribution in [3.8, 4) is 91.3 Å². The molecule has 4 fully saturated rings. The van der Waals surface area contributed by atoms with Crippen LogP contribution >= 0.6 is 46.4 Å². The second-order valence-electron chi connectivity index (χ2n) is 33.2. The number of phenols is 5. The molecule has 0 bridgehead atoms. The van der Waals surface area contributed by atoms with Crippen molar-refractivity contribution in [2.24, 2.45) is 5.92 Å². The summed E-state index contributed by atoms with van der Waals surface area (Å²) in [5.74, 6) is -10.1. The molecule has 4 aromatic heterocycles. The van der Waals surface area contributed by atoms with Gasteiger partial charge in [0.05, 0.1) is 65.2 Å². The Bertz CT molecular complexity index is 6690. The van der Waals surface area contributed by atoms with E-state index in [-0.39, 0.29) is 229 Å². The lowest BCUT2D eigenvalue weighted by molar-refractivity contribution is -0.167. The molecular weight excluding hydrogens is 1780 g/mol. The van der Waals surface area contributed by atoms with Crippen molar-refractivity contribution in [1.29, 1.82) is 0 Å². The van der Waals surface area contributed by atoms with E-state index in [0.717, 1.165) is 6.07 Å². The first-order valence-electron chi connectivity index (χ1n) is 42.9. The zero-order chi connectivity index (χ0) is 92.5. The van der Waals surface area contributed by atoms with Gasteiger partial charge in [0.1, 0.15) is 133 Å². The Balaban J connectivity index is 0.731. The molecule has 8 aromatic carbocycles. The van der Waals surface area contributed by atoms with Gasteiger partial charge in [-0.1, -0.05) is 116 Å². The molecule has 4 aliphatic rings. The van der Waals surface area contributed by atoms with E-state index in [0.29, 0.717) is 36.1 Å². The van der Waals surface area contributed by atoms with Gasteiger partial charge >= 0.3 is 23.9 Å². The molecule has 16 rings (SSSR count). The zero-order valence-corrected chi connectivity index (χ0v) is 74.7. The summed E-state index contributed by atoms with van der Waals surface area (Å²) in [6.45, 7) is 4.16. The summed E-state index contributed by atoms with van der Waals surface area (Å²) in [5.41, 5.74) is -1.80. The minimum atomic E-state index is -1.34. The van der Waals surface area contributed by atoms with Crippen LogP contribution in [0.4, 0.5) is 0 Å². The van der Waals surface area contributed by atoms with E-state index < -0.39 is 136 Å². The molecule has 8 atom stereocenters. The number of carbonyl (C=O) groups excluding carboxylic acids is 4. The summed E-state index contributed by atoms with van der Waals surface area (Å²) in [5, 5.41) is 74.2. The summed E-state index contributed by atoms with van der Waals surface area (Å²) in [6, 6.07) is 36.0. The van der Waals surface area contributed by atoms with Crippen LogP contribution in [0.15, 0.2) is 182 Å². The molecule has 30 nitrogen and oxygen atoms in total. The van der Waals surface area contributed by atoms with Gasteiger partial charge in [0.25, 0.3) is 0 Å². The third kappa shape index (κ3) is 19.2. The number of ether oxygens (including phenoxy) is 6. The predicted octanol–water partition coefficient (Wildman–Crippen LogP) is 16.3. The topological polar surface area (TPSA) is 397 Å². The highest BCUT2D eigenvalue weighted by Crippen LogP contribution is 2.52. The summed E-state index contributed by atoms with van der Waals surface area (Å²) in [6.07, 6.45) is -4.30. The number of hydroxylamine groups is 4. The number of esters is 4. The van der Waals surface area contributed by atoms with Gasteiger partial charge in [-0.3, -0.25) is 43.3 Å². The van der Waals surface area contributed by atoms with Gasteiger partial charge in [0.15, 0.2) is 33.2 Å². The lowest BCUT2D eigenvalue weighted by atomic mass is 9.85. The van der Waals surface area contributed by atoms with Crippen molar-refractivity contribution < 1.29 is 106 Å². The van der Waals surface area contributed by atoms with Crippen LogP contribution in [-0.4, -0.2) is 185 Å². The van der Waals surface area contributed by atoms with E-state index in [1.165, 1.54) is 59.7 Å². The largest absolute Gasteiger partial charge is 0.507 e. The molecule has 131 heavy (non-hydrogen) atoms. The zero-order valence-electron chi connectivity index (χ0n) is 71.6. The molecule has 0 amide bonds. The molecular formula is C97H92Cl4N4O26. The summed E-state index contributed by atoms with van der Waals surface area (Å²) in [4.78, 5) is 132. The van der Waals surface area contributed by atoms with E-state index in [1.807, 2.05) is 11.9 Å². The monoisotopic (exact) mass is 1870 g/mol. The van der Waals surface area contributed by atoms with E-state index in [2.05, 4.69) is 0 Å². The molecule has 0 unspecified atom stereocenters. The number of hydrogen-bond donors (Lipinski definition) is 6. The van der Waals surface area contributed by atoms with Crippen molar-refractivity contribution in [3.63, 3.8) is 0 Å². The minimum Gasteiger partial charge on any atom is -0.507 e. The maximum atomic E-state index is 15.4. The second-order valence-corrected chi connectivity index (χ2v) is 34.8. The van der Waals surface area contributed by atoms with Gasteiger partial charge in [-0.05, 0) is 94.2 Å². The third-order valence-corrected chi connectivity index (χ3v) is 25.5. The van der Waals surface area contributed by atoms with Crippen LogP contribution in [0.25, 0.3) is 89.2 Å². The number of benzene rings is 8. The molecule has 12 aromatic rings. The molecule has 4 aliphatic heterocycles. The fourth-order valence-electron chi connectivity index (χ4n) is 17.9. The number of likely N-dealkylation sites (tertiary alicyclic amines) is 2. The van der Waals surface area contributed by atoms with Gasteiger partial charge in [0.2, 0.25) is 0 Å². The number of aliphatic hydroxyl groups is 1. The number of carbonyl (C=O) groups is 4. The van der Waals surface area contributed by atoms with Crippen molar-refractivity contribution >= 4 is 114 Å². The van der Waals surface area contributed by atoms with Crippen LogP contribution in [0.3, 0.4) is 0 Å². The first kappa shape index (κ1) is 92.1. The maximum absolute atomic E-state index is 15.4. The van der Waals surface area contributed by atoms with Gasteiger partial charge in [0, 0.05) is 163 Å². The normalized spacial score (nSPS) is 19.4. The average molecular weight is 1870 g/mol. The molecule has 8 heterocycles. The Labute approximate surface area is 767 Å². The maximum Gasteiger partial charge on any atom is 0.308 e. The van der Waals surface area contributed by atoms with Crippen molar-refractivity contribution in [2.45, 2.75) is 120 Å². The number of aromatic hydroxyl groups is 5. The smallest absolute Gasteiger partial charge is 0.308 e. The Morgan fingerprint density at radius 3 is 1.19 bits per heavy atom. The SMILES string of the molecule is CCCC(=O)O[C@@H]1CN(COc2cc(O)c([C@H]3CCN(Oc4cc(O)c([C@H]5CCN(Oc6cc(O)c([C@H]7CCN(C)C[C@H]7OC(=O)CCOC)c7oc(-c8ccccc8Cl)cc(=O)c67)C[C@H]5OC(=O)CCO)c5oc(-c6ccccc6Cl)cc(=O)c45)C[C@H]3OC(=O)C(C)C)c3oc(-c4ccccc4Cl)cc(=O)c23)CC[C@@H]1c1c(O)cc(O)c2c(=O)cc(-c3ccccc3Cl)oc12. The van der Waals surface area contributed by atoms with Crippen LogP contribution in [0.5, 0.6) is 46.0 Å². The molecule has 0 spiro atoms. The standard InChI is InChI=1S/C97H92Cl4N4O26/c1-6-15-82(116)123-79-45-103(31-25-55(79)85-62(107)36-63(108)89-67(112)37-71(125-93(85)89)50-16-7-11-20-58(50)98)48-121-75-41-64(109)88(94-90(75)68(113)38-72(126-94)51-17-8-12-21-59(51)99)57-27-33-105(47-81(57)129-97(119)49(2)3)131-77-43-66(111)87(96-92(77)70(115)40-74(128-96)53-19-10-14-23-61(53)101)56-26-32-104(46-80(56)124-83(117)28-34-106)130-76-42-65(110)86(54-24-30-102(4)44-78(54)122-84(118)29-35-120-5)95-91(76)69(114)39-73(127-95)52-18-9-13-22-60(52)100/h7-14,16-23,36-43,49,54-57,78-81,106-111H,6,15,24-35,44-48H2,1-5H3/t54-,55-,56-,57-,78+,79+,80+,81+/m0/s1. The number of fused-ring (bicyclic) bond motifs is 4. The second kappa shape index (κ2) is 39.5. The molecule has 6 N–H and O–H groups in total. The number of aliphatic hydroxyl groups excluding tert-OH is 1. The molecule has 0 radical (unpaired) electrons. The number of likely N-dealkylation sites (N-methyl/N-ethyl adjacent to an activating group) is 1. The van der Waals surface area contributed by atoms with Gasteiger partial charge in [-0.2, -0.15) is 0 Å². The summed E-state index contributed by atoms with van der Waals surface area (Å²) >= 11 is 27.0. The highest BCUT2D eigenvalue weighted by molar-refractivity contribution is 6.34. The highest BCUT2D eigenvalue weighted by atomic mass is 35.5. The Morgan fingerprint density at radius 2 is 0.779 bits per heavy atom. The number of hydrogen-bond acceptors (Lipinski definition) is 30. The Hall–Kier alpha value is -12.2. The third-order valence-electron chi connectivity index (χ3n) is 24.2. The minimum absolute atomic E-state index is 0.00852. The Morgan fingerprint density at radius 1 is 0.427 bits per heavy atom. The fourth-order valence-corrected chi connectivity index (χ4v) is 18.8. The van der Waals surface area contributed by atoms with Crippen LogP contribution in [0.2, 0.25) is 20.1 Å².